The summed E-state index contributed by atoms with van der Waals surface area (Å²) in [7, 11) is 1.93. The van der Waals surface area contributed by atoms with Crippen LogP contribution in [0.1, 0.15) is 17.0 Å². The van der Waals surface area contributed by atoms with Crippen molar-refractivity contribution in [3.63, 3.8) is 0 Å². The van der Waals surface area contributed by atoms with E-state index in [9.17, 15) is 4.39 Å². The van der Waals surface area contributed by atoms with Gasteiger partial charge in [0, 0.05) is 17.5 Å². The van der Waals surface area contributed by atoms with Gasteiger partial charge >= 0.3 is 0 Å². The zero-order valence-electron chi connectivity index (χ0n) is 10.9. The van der Waals surface area contributed by atoms with E-state index in [1.165, 1.54) is 17.7 Å². The third-order valence-corrected chi connectivity index (χ3v) is 3.40. The zero-order valence-corrected chi connectivity index (χ0v) is 11.6. The van der Waals surface area contributed by atoms with Gasteiger partial charge in [-0.3, -0.25) is 0 Å². The standard InChI is InChI=1S/C16H17ClFN/c1-19-11-14(13-5-7-16(18)8-6-13)9-12-3-2-4-15(17)10-12/h2-8,10,14,19H,9,11H2,1H3. The summed E-state index contributed by atoms with van der Waals surface area (Å²) in [5, 5.41) is 3.94. The summed E-state index contributed by atoms with van der Waals surface area (Å²) in [4.78, 5) is 0. The van der Waals surface area contributed by atoms with Crippen LogP contribution in [0.3, 0.4) is 0 Å². The normalized spacial score (nSPS) is 12.4. The monoisotopic (exact) mass is 277 g/mol. The molecule has 1 N–H and O–H groups in total. The van der Waals surface area contributed by atoms with E-state index in [0.717, 1.165) is 23.6 Å². The van der Waals surface area contributed by atoms with E-state index in [0.29, 0.717) is 5.92 Å². The number of nitrogens with one attached hydrogen (secondary N) is 1. The van der Waals surface area contributed by atoms with Gasteiger partial charge < -0.3 is 5.32 Å². The first kappa shape index (κ1) is 14.0. The highest BCUT2D eigenvalue weighted by atomic mass is 35.5. The minimum absolute atomic E-state index is 0.199. The molecule has 0 aliphatic carbocycles. The Morgan fingerprint density at radius 3 is 2.53 bits per heavy atom. The minimum Gasteiger partial charge on any atom is -0.319 e. The maximum atomic E-state index is 13.0. The van der Waals surface area contributed by atoms with Crippen LogP contribution in [0.4, 0.5) is 4.39 Å². The molecule has 0 heterocycles. The fraction of sp³-hybridized carbons (Fsp3) is 0.250. The Morgan fingerprint density at radius 1 is 1.16 bits per heavy atom. The molecule has 0 fully saturated rings. The van der Waals surface area contributed by atoms with Crippen LogP contribution in [-0.4, -0.2) is 13.6 Å². The maximum Gasteiger partial charge on any atom is 0.123 e. The maximum absolute atomic E-state index is 13.0. The quantitative estimate of drug-likeness (QED) is 0.870. The van der Waals surface area contributed by atoms with Gasteiger partial charge in [-0.2, -0.15) is 0 Å². The van der Waals surface area contributed by atoms with Crippen LogP contribution in [0.5, 0.6) is 0 Å². The van der Waals surface area contributed by atoms with Gasteiger partial charge in [0.05, 0.1) is 0 Å². The van der Waals surface area contributed by atoms with Crippen LogP contribution in [0.15, 0.2) is 48.5 Å². The highest BCUT2D eigenvalue weighted by Crippen LogP contribution is 2.22. The van der Waals surface area contributed by atoms with Gasteiger partial charge in [-0.25, -0.2) is 4.39 Å². The summed E-state index contributed by atoms with van der Waals surface area (Å²) in [6.07, 6.45) is 0.882. The van der Waals surface area contributed by atoms with E-state index in [4.69, 9.17) is 11.6 Å². The molecule has 100 valence electrons. The molecule has 0 saturated heterocycles. The fourth-order valence-electron chi connectivity index (χ4n) is 2.24. The third-order valence-electron chi connectivity index (χ3n) is 3.16. The lowest BCUT2D eigenvalue weighted by atomic mass is 9.92. The SMILES string of the molecule is CNCC(Cc1cccc(Cl)c1)c1ccc(F)cc1. The molecule has 1 nitrogen and oxygen atoms in total. The Balaban J connectivity index is 2.18. The van der Waals surface area contributed by atoms with Crippen LogP contribution in [0, 0.1) is 5.82 Å². The molecular formula is C16H17ClFN. The number of halogens is 2. The van der Waals surface area contributed by atoms with Gasteiger partial charge in [-0.05, 0) is 48.9 Å². The van der Waals surface area contributed by atoms with Crippen LogP contribution >= 0.6 is 11.6 Å². The summed E-state index contributed by atoms with van der Waals surface area (Å²) < 4.78 is 13.0. The highest BCUT2D eigenvalue weighted by Gasteiger charge is 2.12. The lowest BCUT2D eigenvalue weighted by Crippen LogP contribution is -2.19. The molecule has 1 atom stereocenters. The highest BCUT2D eigenvalue weighted by molar-refractivity contribution is 6.30. The van der Waals surface area contributed by atoms with Gasteiger partial charge in [-0.1, -0.05) is 35.9 Å². The molecule has 0 amide bonds. The predicted octanol–water partition coefficient (Wildman–Crippen LogP) is 4.02. The number of hydrogen-bond donors (Lipinski definition) is 1. The van der Waals surface area contributed by atoms with Crippen molar-refractivity contribution in [1.29, 1.82) is 0 Å². The van der Waals surface area contributed by atoms with Crippen molar-refractivity contribution in [2.45, 2.75) is 12.3 Å². The van der Waals surface area contributed by atoms with Crippen LogP contribution in [0.2, 0.25) is 5.02 Å². The number of hydrogen-bond acceptors (Lipinski definition) is 1. The molecule has 2 rings (SSSR count). The molecule has 0 radical (unpaired) electrons. The van der Waals surface area contributed by atoms with Gasteiger partial charge in [-0.15, -0.1) is 0 Å². The molecule has 0 aromatic heterocycles. The molecule has 0 spiro atoms. The largest absolute Gasteiger partial charge is 0.319 e. The number of rotatable bonds is 5. The van der Waals surface area contributed by atoms with Gasteiger partial charge in [0.2, 0.25) is 0 Å². The first-order valence-corrected chi connectivity index (χ1v) is 6.71. The zero-order chi connectivity index (χ0) is 13.7. The van der Waals surface area contributed by atoms with Crippen molar-refractivity contribution in [2.75, 3.05) is 13.6 Å². The van der Waals surface area contributed by atoms with Crippen molar-refractivity contribution in [3.8, 4) is 0 Å². The summed E-state index contributed by atoms with van der Waals surface area (Å²) in [5.74, 6) is 0.110. The van der Waals surface area contributed by atoms with Gasteiger partial charge in [0.25, 0.3) is 0 Å². The van der Waals surface area contributed by atoms with Crippen LogP contribution in [-0.2, 0) is 6.42 Å². The fourth-order valence-corrected chi connectivity index (χ4v) is 2.45. The summed E-state index contributed by atoms with van der Waals surface area (Å²) in [5.41, 5.74) is 2.33. The molecule has 3 heteroatoms. The molecule has 0 saturated carbocycles. The lowest BCUT2D eigenvalue weighted by molar-refractivity contribution is 0.611. The first-order chi connectivity index (χ1) is 9.19. The molecule has 2 aromatic carbocycles. The van der Waals surface area contributed by atoms with Crippen molar-refractivity contribution >= 4 is 11.6 Å². The summed E-state index contributed by atoms with van der Waals surface area (Å²) in [6, 6.07) is 14.6. The van der Waals surface area contributed by atoms with Crippen molar-refractivity contribution in [2.24, 2.45) is 0 Å². The third kappa shape index (κ3) is 4.05. The topological polar surface area (TPSA) is 12.0 Å². The van der Waals surface area contributed by atoms with Crippen LogP contribution in [0.25, 0.3) is 0 Å². The molecule has 19 heavy (non-hydrogen) atoms. The average Bonchev–Trinajstić information content (AvgIpc) is 2.39. The van der Waals surface area contributed by atoms with Crippen LogP contribution < -0.4 is 5.32 Å². The smallest absolute Gasteiger partial charge is 0.123 e. The predicted molar refractivity (Wildman–Crippen MR) is 78.2 cm³/mol. The second kappa shape index (κ2) is 6.69. The van der Waals surface area contributed by atoms with E-state index < -0.39 is 0 Å². The first-order valence-electron chi connectivity index (χ1n) is 6.33. The molecule has 2 aromatic rings. The van der Waals surface area contributed by atoms with E-state index in [1.54, 1.807) is 0 Å². The molecule has 0 aliphatic rings. The lowest BCUT2D eigenvalue weighted by Gasteiger charge is -2.17. The van der Waals surface area contributed by atoms with E-state index in [-0.39, 0.29) is 5.82 Å². The average molecular weight is 278 g/mol. The minimum atomic E-state index is -0.199. The summed E-state index contributed by atoms with van der Waals surface area (Å²) in [6.45, 7) is 0.845. The Labute approximate surface area is 118 Å². The molecule has 0 aliphatic heterocycles. The summed E-state index contributed by atoms with van der Waals surface area (Å²) >= 11 is 6.01. The van der Waals surface area contributed by atoms with E-state index in [2.05, 4.69) is 11.4 Å². The number of benzene rings is 2. The number of likely N-dealkylation sites (N-methyl/N-ethyl adjacent to an activating group) is 1. The Bertz CT molecular complexity index is 525. The van der Waals surface area contributed by atoms with Crippen molar-refractivity contribution < 1.29 is 4.39 Å². The molecule has 1 unspecified atom stereocenters. The molecule has 0 bridgehead atoms. The second-order valence-electron chi connectivity index (χ2n) is 4.64. The Kier molecular flexibility index (Phi) is 4.94. The van der Waals surface area contributed by atoms with Crippen molar-refractivity contribution in [3.05, 3.63) is 70.5 Å². The Morgan fingerprint density at radius 2 is 1.89 bits per heavy atom. The van der Waals surface area contributed by atoms with Crippen molar-refractivity contribution in [1.82, 2.24) is 5.32 Å². The van der Waals surface area contributed by atoms with E-state index in [1.807, 2.05) is 37.4 Å². The van der Waals surface area contributed by atoms with Gasteiger partial charge in [0.1, 0.15) is 5.82 Å². The van der Waals surface area contributed by atoms with E-state index >= 15 is 0 Å². The Hall–Kier alpha value is -1.38. The van der Waals surface area contributed by atoms with Gasteiger partial charge in [0.15, 0.2) is 0 Å². The molecular weight excluding hydrogens is 261 g/mol. The second-order valence-corrected chi connectivity index (χ2v) is 5.08.